The van der Waals surface area contributed by atoms with E-state index in [-0.39, 0.29) is 0 Å². The molecule has 0 bridgehead atoms. The van der Waals surface area contributed by atoms with Crippen molar-refractivity contribution in [3.05, 3.63) is 41.6 Å². The van der Waals surface area contributed by atoms with Crippen LogP contribution in [0.4, 0.5) is 0 Å². The normalized spacial score (nSPS) is 26.6. The Kier molecular flexibility index (Phi) is 3.76. The summed E-state index contributed by atoms with van der Waals surface area (Å²) in [6.07, 6.45) is 13.8. The van der Waals surface area contributed by atoms with Crippen LogP contribution in [-0.2, 0) is 5.60 Å². The number of nitrogens with zero attached hydrogens (tertiary/aromatic N) is 1. The van der Waals surface area contributed by atoms with Gasteiger partial charge in [0.25, 0.3) is 0 Å². The smallest absolute Gasteiger partial charge is 0.0896 e. The molecule has 0 amide bonds. The number of rotatable bonds is 2. The highest BCUT2D eigenvalue weighted by Gasteiger charge is 2.32. The van der Waals surface area contributed by atoms with Crippen LogP contribution in [0.15, 0.2) is 30.5 Å². The number of aromatic nitrogens is 1. The van der Waals surface area contributed by atoms with Crippen LogP contribution in [0.2, 0.25) is 0 Å². The van der Waals surface area contributed by atoms with E-state index in [0.717, 1.165) is 43.8 Å². The largest absolute Gasteiger partial charge is 0.385 e. The van der Waals surface area contributed by atoms with E-state index in [0.29, 0.717) is 0 Å². The first kappa shape index (κ1) is 15.7. The summed E-state index contributed by atoms with van der Waals surface area (Å²) in [6, 6.07) is 7.28. The van der Waals surface area contributed by atoms with Gasteiger partial charge in [0.2, 0.25) is 0 Å². The van der Waals surface area contributed by atoms with Gasteiger partial charge in [0.05, 0.1) is 5.60 Å². The van der Waals surface area contributed by atoms with Gasteiger partial charge in [0.15, 0.2) is 0 Å². The van der Waals surface area contributed by atoms with Gasteiger partial charge in [-0.25, -0.2) is 0 Å². The summed E-state index contributed by atoms with van der Waals surface area (Å²) in [4.78, 5) is 6.07. The number of hydrogen-bond donors (Lipinski definition) is 2. The zero-order valence-corrected chi connectivity index (χ0v) is 14.9. The second-order valence-electron chi connectivity index (χ2n) is 8.28. The van der Waals surface area contributed by atoms with Crippen LogP contribution >= 0.6 is 0 Å². The summed E-state index contributed by atoms with van der Waals surface area (Å²) in [5.41, 5.74) is 4.52. The number of aliphatic hydroxyl groups is 1. The van der Waals surface area contributed by atoms with Crippen molar-refractivity contribution in [3.8, 4) is 0 Å². The van der Waals surface area contributed by atoms with E-state index in [4.69, 9.17) is 0 Å². The fourth-order valence-electron chi connectivity index (χ4n) is 5.25. The fourth-order valence-corrected chi connectivity index (χ4v) is 5.25. The second-order valence-corrected chi connectivity index (χ2v) is 8.28. The van der Waals surface area contributed by atoms with Gasteiger partial charge in [-0.15, -0.1) is 0 Å². The summed E-state index contributed by atoms with van der Waals surface area (Å²) >= 11 is 0. The summed E-state index contributed by atoms with van der Waals surface area (Å²) in [5, 5.41) is 12.4. The number of H-pyrrole nitrogens is 1. The van der Waals surface area contributed by atoms with Crippen molar-refractivity contribution in [2.45, 2.75) is 63.0 Å². The minimum Gasteiger partial charge on any atom is -0.385 e. The molecule has 2 aliphatic heterocycles. The molecule has 1 aromatic heterocycles. The molecule has 1 atom stereocenters. The van der Waals surface area contributed by atoms with Crippen LogP contribution in [0.1, 0.15) is 62.5 Å². The molecule has 0 spiro atoms. The van der Waals surface area contributed by atoms with Crippen molar-refractivity contribution < 1.29 is 5.11 Å². The molecule has 132 valence electrons. The maximum absolute atomic E-state index is 11.1. The highest BCUT2D eigenvalue weighted by molar-refractivity contribution is 5.93. The molecular weight excluding hydrogens is 308 g/mol. The highest BCUT2D eigenvalue weighted by Crippen LogP contribution is 2.40. The lowest BCUT2D eigenvalue weighted by Crippen LogP contribution is -2.32. The molecule has 3 heteroatoms. The summed E-state index contributed by atoms with van der Waals surface area (Å²) in [7, 11) is 0. The Morgan fingerprint density at radius 2 is 2.00 bits per heavy atom. The van der Waals surface area contributed by atoms with E-state index in [1.165, 1.54) is 54.3 Å². The van der Waals surface area contributed by atoms with Crippen molar-refractivity contribution in [2.24, 2.45) is 0 Å². The van der Waals surface area contributed by atoms with Crippen LogP contribution in [0.3, 0.4) is 0 Å². The molecular formula is C22H28N2O. The Morgan fingerprint density at radius 3 is 2.88 bits per heavy atom. The molecule has 3 heterocycles. The molecule has 1 saturated heterocycles. The van der Waals surface area contributed by atoms with Crippen molar-refractivity contribution in [1.82, 2.24) is 9.88 Å². The number of nitrogens with one attached hydrogen (secondary N) is 1. The van der Waals surface area contributed by atoms with E-state index in [2.05, 4.69) is 40.4 Å². The maximum atomic E-state index is 11.1. The molecule has 1 saturated carbocycles. The lowest BCUT2D eigenvalue weighted by Gasteiger charge is -2.32. The third kappa shape index (κ3) is 2.65. The zero-order valence-electron chi connectivity index (χ0n) is 14.9. The molecule has 2 aromatic rings. The minimum atomic E-state index is -0.621. The van der Waals surface area contributed by atoms with Gasteiger partial charge in [0.1, 0.15) is 0 Å². The fraction of sp³-hybridized carbons (Fsp3) is 0.545. The first-order valence-electron chi connectivity index (χ1n) is 10.0. The van der Waals surface area contributed by atoms with Gasteiger partial charge in [-0.05, 0) is 61.9 Å². The first-order valence-corrected chi connectivity index (χ1v) is 10.0. The molecule has 0 radical (unpaired) electrons. The van der Waals surface area contributed by atoms with Crippen LogP contribution in [0, 0.1) is 0 Å². The van der Waals surface area contributed by atoms with Crippen molar-refractivity contribution >= 4 is 16.5 Å². The predicted molar refractivity (Wildman–Crippen MR) is 102 cm³/mol. The topological polar surface area (TPSA) is 39.3 Å². The third-order valence-corrected chi connectivity index (χ3v) is 6.77. The third-order valence-electron chi connectivity index (χ3n) is 6.77. The zero-order chi connectivity index (χ0) is 16.9. The Morgan fingerprint density at radius 1 is 1.12 bits per heavy atom. The average Bonchev–Trinajstić information content (AvgIpc) is 3.27. The lowest BCUT2D eigenvalue weighted by atomic mass is 9.79. The second kappa shape index (κ2) is 6.00. The average molecular weight is 336 g/mol. The maximum Gasteiger partial charge on any atom is 0.0896 e. The van der Waals surface area contributed by atoms with Crippen molar-refractivity contribution in [1.29, 1.82) is 0 Å². The molecule has 25 heavy (non-hydrogen) atoms. The number of hydrogen-bond acceptors (Lipinski definition) is 2. The van der Waals surface area contributed by atoms with Crippen LogP contribution < -0.4 is 0 Å². The predicted octanol–water partition coefficient (Wildman–Crippen LogP) is 4.57. The van der Waals surface area contributed by atoms with Gasteiger partial charge in [-0.1, -0.05) is 31.4 Å². The van der Waals surface area contributed by atoms with Crippen LogP contribution in [-0.4, -0.2) is 34.1 Å². The summed E-state index contributed by atoms with van der Waals surface area (Å²) in [5.74, 6) is 0. The van der Waals surface area contributed by atoms with Crippen molar-refractivity contribution in [3.63, 3.8) is 0 Å². The van der Waals surface area contributed by atoms with E-state index in [9.17, 15) is 5.11 Å². The molecule has 3 nitrogen and oxygen atoms in total. The molecule has 2 fully saturated rings. The standard InChI is InChI=1S/C22H28N2O/c25-22(9-2-1-3-10-22)17-6-7-21-19(14-17)20(15-23-21)16-8-12-24-11-4-5-18(24)13-16/h6-8,14-15,18,23,25H,1-5,9-13H2. The monoisotopic (exact) mass is 336 g/mol. The Balaban J connectivity index is 1.52. The Hall–Kier alpha value is -1.58. The van der Waals surface area contributed by atoms with Gasteiger partial charge >= 0.3 is 0 Å². The van der Waals surface area contributed by atoms with Crippen molar-refractivity contribution in [2.75, 3.05) is 13.1 Å². The number of aromatic amines is 1. The Bertz CT molecular complexity index is 813. The summed E-state index contributed by atoms with van der Waals surface area (Å²) in [6.45, 7) is 2.36. The van der Waals surface area contributed by atoms with Crippen LogP contribution in [0.5, 0.6) is 0 Å². The molecule has 1 aliphatic carbocycles. The Labute approximate surface area is 149 Å². The molecule has 3 aliphatic rings. The van der Waals surface area contributed by atoms with E-state index < -0.39 is 5.60 Å². The minimum absolute atomic E-state index is 0.621. The van der Waals surface area contributed by atoms with E-state index >= 15 is 0 Å². The number of fused-ring (bicyclic) bond motifs is 2. The summed E-state index contributed by atoms with van der Waals surface area (Å²) < 4.78 is 0. The first-order chi connectivity index (χ1) is 12.2. The van der Waals surface area contributed by atoms with Gasteiger partial charge < -0.3 is 10.1 Å². The number of benzene rings is 1. The van der Waals surface area contributed by atoms with Gasteiger partial charge in [-0.3, -0.25) is 4.90 Å². The van der Waals surface area contributed by atoms with E-state index in [1.54, 1.807) is 0 Å². The molecule has 2 N–H and O–H groups in total. The van der Waals surface area contributed by atoms with Gasteiger partial charge in [-0.2, -0.15) is 0 Å². The van der Waals surface area contributed by atoms with E-state index in [1.807, 2.05) is 0 Å². The van der Waals surface area contributed by atoms with Crippen LogP contribution in [0.25, 0.3) is 16.5 Å². The molecule has 5 rings (SSSR count). The SMILES string of the molecule is OC1(c2ccc3[nH]cc(C4=CCN5CCCC5C4)c3c2)CCCCC1. The molecule has 1 unspecified atom stereocenters. The quantitative estimate of drug-likeness (QED) is 0.843. The van der Waals surface area contributed by atoms with Gasteiger partial charge in [0, 0.05) is 35.2 Å². The lowest BCUT2D eigenvalue weighted by molar-refractivity contribution is -0.000508. The molecule has 1 aromatic carbocycles. The highest BCUT2D eigenvalue weighted by atomic mass is 16.3.